The lowest BCUT2D eigenvalue weighted by Gasteiger charge is -2.15. The molecule has 110 valence electrons. The number of nitrogens with zero attached hydrogens (tertiary/aromatic N) is 2. The number of hydrogen-bond acceptors (Lipinski definition) is 5. The van der Waals surface area contributed by atoms with Crippen LogP contribution in [0.5, 0.6) is 5.75 Å². The van der Waals surface area contributed by atoms with Gasteiger partial charge >= 0.3 is 0 Å². The first-order valence-corrected chi connectivity index (χ1v) is 6.16. The minimum atomic E-state index is -0.655. The van der Waals surface area contributed by atoms with Crippen LogP contribution in [-0.4, -0.2) is 27.9 Å². The third-order valence-corrected chi connectivity index (χ3v) is 2.94. The zero-order valence-electron chi connectivity index (χ0n) is 11.6. The topological polar surface area (TPSA) is 96.8 Å². The summed E-state index contributed by atoms with van der Waals surface area (Å²) >= 11 is 0. The molecule has 0 bridgehead atoms. The SMILES string of the molecule is Cc1ccc(CN(C)C(=O)c2cc(O)ccc2[N+](=O)[O-])o1. The molecule has 0 saturated heterocycles. The Kier molecular flexibility index (Phi) is 3.93. The van der Waals surface area contributed by atoms with Crippen LogP contribution in [0.25, 0.3) is 0 Å². The Bertz CT molecular complexity index is 692. The fraction of sp³-hybridized carbons (Fsp3) is 0.214. The van der Waals surface area contributed by atoms with E-state index in [9.17, 15) is 20.0 Å². The minimum Gasteiger partial charge on any atom is -0.508 e. The molecule has 0 aliphatic heterocycles. The van der Waals surface area contributed by atoms with Gasteiger partial charge < -0.3 is 14.4 Å². The highest BCUT2D eigenvalue weighted by Crippen LogP contribution is 2.25. The van der Waals surface area contributed by atoms with Gasteiger partial charge in [-0.05, 0) is 31.2 Å². The van der Waals surface area contributed by atoms with E-state index in [-0.39, 0.29) is 23.5 Å². The molecule has 0 radical (unpaired) electrons. The number of carbonyl (C=O) groups excluding carboxylic acids is 1. The average molecular weight is 290 g/mol. The molecule has 7 nitrogen and oxygen atoms in total. The van der Waals surface area contributed by atoms with Gasteiger partial charge in [0, 0.05) is 13.1 Å². The maximum absolute atomic E-state index is 12.3. The summed E-state index contributed by atoms with van der Waals surface area (Å²) in [5.41, 5.74) is -0.508. The Morgan fingerprint density at radius 1 is 1.38 bits per heavy atom. The van der Waals surface area contributed by atoms with Gasteiger partial charge in [-0.2, -0.15) is 0 Å². The van der Waals surface area contributed by atoms with Gasteiger partial charge in [0.15, 0.2) is 0 Å². The van der Waals surface area contributed by atoms with E-state index in [2.05, 4.69) is 0 Å². The molecule has 1 aromatic carbocycles. The second-order valence-corrected chi connectivity index (χ2v) is 4.63. The predicted molar refractivity (Wildman–Crippen MR) is 74.0 cm³/mol. The van der Waals surface area contributed by atoms with Gasteiger partial charge in [-0.25, -0.2) is 0 Å². The molecule has 1 heterocycles. The number of aryl methyl sites for hydroxylation is 1. The van der Waals surface area contributed by atoms with E-state index in [1.54, 1.807) is 19.1 Å². The fourth-order valence-electron chi connectivity index (χ4n) is 1.94. The van der Waals surface area contributed by atoms with Crippen LogP contribution in [0, 0.1) is 17.0 Å². The number of rotatable bonds is 4. The lowest BCUT2D eigenvalue weighted by Crippen LogP contribution is -2.26. The van der Waals surface area contributed by atoms with Crippen molar-refractivity contribution in [2.24, 2.45) is 0 Å². The van der Waals surface area contributed by atoms with E-state index in [1.807, 2.05) is 0 Å². The smallest absolute Gasteiger partial charge is 0.282 e. The second kappa shape index (κ2) is 5.66. The van der Waals surface area contributed by atoms with Gasteiger partial charge in [0.2, 0.25) is 0 Å². The van der Waals surface area contributed by atoms with Crippen molar-refractivity contribution in [3.8, 4) is 5.75 Å². The van der Waals surface area contributed by atoms with Crippen molar-refractivity contribution in [2.45, 2.75) is 13.5 Å². The quantitative estimate of drug-likeness (QED) is 0.689. The van der Waals surface area contributed by atoms with E-state index >= 15 is 0 Å². The molecular formula is C14H14N2O5. The van der Waals surface area contributed by atoms with Crippen LogP contribution in [0.4, 0.5) is 5.69 Å². The summed E-state index contributed by atoms with van der Waals surface area (Å²) in [5.74, 6) is 0.526. The van der Waals surface area contributed by atoms with E-state index in [0.717, 1.165) is 12.1 Å². The predicted octanol–water partition coefficient (Wildman–Crippen LogP) is 2.47. The van der Waals surface area contributed by atoms with Crippen LogP contribution >= 0.6 is 0 Å². The average Bonchev–Trinajstić information content (AvgIpc) is 2.82. The summed E-state index contributed by atoms with van der Waals surface area (Å²) in [7, 11) is 1.51. The zero-order chi connectivity index (χ0) is 15.6. The highest BCUT2D eigenvalue weighted by molar-refractivity contribution is 5.98. The molecule has 1 N–H and O–H groups in total. The Balaban J connectivity index is 2.26. The molecule has 0 atom stereocenters. The first-order valence-electron chi connectivity index (χ1n) is 6.16. The maximum atomic E-state index is 12.3. The Labute approximate surface area is 120 Å². The van der Waals surface area contributed by atoms with Gasteiger partial charge in [-0.3, -0.25) is 14.9 Å². The van der Waals surface area contributed by atoms with Crippen LogP contribution in [0.15, 0.2) is 34.7 Å². The molecule has 0 aliphatic carbocycles. The summed E-state index contributed by atoms with van der Waals surface area (Å²) in [4.78, 5) is 23.9. The molecule has 1 aromatic heterocycles. The number of amides is 1. The van der Waals surface area contributed by atoms with Gasteiger partial charge in [0.05, 0.1) is 11.5 Å². The molecule has 2 aromatic rings. The molecule has 0 saturated carbocycles. The summed E-state index contributed by atoms with van der Waals surface area (Å²) in [6.07, 6.45) is 0. The van der Waals surface area contributed by atoms with Crippen molar-refractivity contribution in [1.82, 2.24) is 4.90 Å². The molecule has 0 unspecified atom stereocenters. The Morgan fingerprint density at radius 2 is 2.10 bits per heavy atom. The first kappa shape index (κ1) is 14.6. The third kappa shape index (κ3) is 3.19. The number of aromatic hydroxyl groups is 1. The Hall–Kier alpha value is -2.83. The summed E-state index contributed by atoms with van der Waals surface area (Å²) in [6, 6.07) is 6.86. The van der Waals surface area contributed by atoms with Crippen molar-refractivity contribution >= 4 is 11.6 Å². The number of nitro benzene ring substituents is 1. The van der Waals surface area contributed by atoms with Gasteiger partial charge in [0.1, 0.15) is 22.8 Å². The lowest BCUT2D eigenvalue weighted by atomic mass is 10.1. The number of benzene rings is 1. The lowest BCUT2D eigenvalue weighted by molar-refractivity contribution is -0.385. The number of carbonyl (C=O) groups is 1. The van der Waals surface area contributed by atoms with Crippen LogP contribution in [-0.2, 0) is 6.54 Å². The van der Waals surface area contributed by atoms with Crippen molar-refractivity contribution < 1.29 is 19.2 Å². The molecule has 1 amide bonds. The monoisotopic (exact) mass is 290 g/mol. The zero-order valence-corrected chi connectivity index (χ0v) is 11.6. The highest BCUT2D eigenvalue weighted by atomic mass is 16.6. The van der Waals surface area contributed by atoms with Crippen molar-refractivity contribution in [1.29, 1.82) is 0 Å². The summed E-state index contributed by atoms with van der Waals surface area (Å²) < 4.78 is 5.36. The van der Waals surface area contributed by atoms with Crippen LogP contribution < -0.4 is 0 Å². The van der Waals surface area contributed by atoms with Gasteiger partial charge in [-0.15, -0.1) is 0 Å². The first-order chi connectivity index (χ1) is 9.88. The van der Waals surface area contributed by atoms with Crippen LogP contribution in [0.3, 0.4) is 0 Å². The fourth-order valence-corrected chi connectivity index (χ4v) is 1.94. The molecule has 0 fully saturated rings. The second-order valence-electron chi connectivity index (χ2n) is 4.63. The normalized spacial score (nSPS) is 10.4. The van der Waals surface area contributed by atoms with E-state index in [4.69, 9.17) is 4.42 Å². The van der Waals surface area contributed by atoms with Crippen molar-refractivity contribution in [3.05, 3.63) is 57.5 Å². The number of nitro groups is 1. The van der Waals surface area contributed by atoms with E-state index < -0.39 is 10.8 Å². The molecule has 2 rings (SSSR count). The van der Waals surface area contributed by atoms with E-state index in [1.165, 1.54) is 18.0 Å². The maximum Gasteiger partial charge on any atom is 0.282 e. The molecule has 0 spiro atoms. The molecule has 0 aliphatic rings. The number of furan rings is 1. The number of phenolic OH excluding ortho intramolecular Hbond substituents is 1. The number of phenols is 1. The third-order valence-electron chi connectivity index (χ3n) is 2.94. The summed E-state index contributed by atoms with van der Waals surface area (Å²) in [6.45, 7) is 1.96. The Morgan fingerprint density at radius 3 is 2.67 bits per heavy atom. The van der Waals surface area contributed by atoms with Crippen molar-refractivity contribution in [2.75, 3.05) is 7.05 Å². The molecule has 7 heteroatoms. The van der Waals surface area contributed by atoms with Gasteiger partial charge in [0.25, 0.3) is 11.6 Å². The highest BCUT2D eigenvalue weighted by Gasteiger charge is 2.24. The summed E-state index contributed by atoms with van der Waals surface area (Å²) in [5, 5.41) is 20.4. The molecule has 21 heavy (non-hydrogen) atoms. The van der Waals surface area contributed by atoms with Gasteiger partial charge in [-0.1, -0.05) is 0 Å². The van der Waals surface area contributed by atoms with Crippen LogP contribution in [0.1, 0.15) is 21.9 Å². The largest absolute Gasteiger partial charge is 0.508 e. The standard InChI is InChI=1S/C14H14N2O5/c1-9-3-5-11(21-9)8-15(2)14(18)12-7-10(17)4-6-13(12)16(19)20/h3-7,17H,8H2,1-2H3. The van der Waals surface area contributed by atoms with Crippen LogP contribution in [0.2, 0.25) is 0 Å². The molecular weight excluding hydrogens is 276 g/mol. The number of hydrogen-bond donors (Lipinski definition) is 1. The van der Waals surface area contributed by atoms with Crippen molar-refractivity contribution in [3.63, 3.8) is 0 Å². The van der Waals surface area contributed by atoms with E-state index in [0.29, 0.717) is 11.5 Å². The minimum absolute atomic E-state index is 0.161.